The van der Waals surface area contributed by atoms with Gasteiger partial charge in [-0.3, -0.25) is 4.79 Å². The molecular weight excluding hydrogens is 368 g/mol. The van der Waals surface area contributed by atoms with Crippen molar-refractivity contribution in [3.05, 3.63) is 72.0 Å². The van der Waals surface area contributed by atoms with Gasteiger partial charge in [0.15, 0.2) is 5.76 Å². The first-order chi connectivity index (χ1) is 12.7. The van der Waals surface area contributed by atoms with Crippen molar-refractivity contribution in [2.75, 3.05) is 11.9 Å². The molecule has 1 amide bonds. The van der Waals surface area contributed by atoms with Crippen LogP contribution < -0.4 is 14.2 Å². The van der Waals surface area contributed by atoms with Crippen molar-refractivity contribution >= 4 is 21.9 Å². The van der Waals surface area contributed by atoms with Crippen molar-refractivity contribution in [1.29, 1.82) is 0 Å². The topological polar surface area (TPSA) is 103 Å². The van der Waals surface area contributed by atoms with Crippen molar-refractivity contribution < 1.29 is 21.8 Å². The Hall–Kier alpha value is -3.10. The summed E-state index contributed by atoms with van der Waals surface area (Å²) in [6, 6.07) is 17.0. The van der Waals surface area contributed by atoms with Crippen LogP contribution >= 0.6 is 0 Å². The minimum absolute atomic E-state index is 0.0865. The van der Waals surface area contributed by atoms with Gasteiger partial charge in [-0.15, -0.1) is 0 Å². The Morgan fingerprint density at radius 3 is 2.33 bits per heavy atom. The van der Waals surface area contributed by atoms with Crippen LogP contribution in [0.3, 0.4) is 0 Å². The van der Waals surface area contributed by atoms with E-state index in [0.717, 1.165) is 11.3 Å². The lowest BCUT2D eigenvalue weighted by Crippen LogP contribution is -2.26. The van der Waals surface area contributed by atoms with E-state index in [1.807, 2.05) is 31.2 Å². The highest BCUT2D eigenvalue weighted by Crippen LogP contribution is 2.27. The molecule has 0 bridgehead atoms. The molecule has 0 aliphatic rings. The third-order valence-corrected chi connectivity index (χ3v) is 4.37. The molecule has 0 aliphatic heterocycles. The van der Waals surface area contributed by atoms with E-state index in [2.05, 4.69) is 4.18 Å². The number of anilines is 1. The highest BCUT2D eigenvalue weighted by molar-refractivity contribution is 7.84. The molecule has 0 spiro atoms. The molecule has 0 radical (unpaired) electrons. The third kappa shape index (κ3) is 4.36. The summed E-state index contributed by atoms with van der Waals surface area (Å²) in [5.41, 5.74) is 2.44. The fourth-order valence-corrected chi connectivity index (χ4v) is 3.01. The second kappa shape index (κ2) is 7.26. The van der Waals surface area contributed by atoms with Gasteiger partial charge in [0.05, 0.1) is 0 Å². The number of nitrogens with zero attached hydrogens (tertiary/aromatic N) is 1. The molecule has 0 atom stereocenters. The highest BCUT2D eigenvalue weighted by atomic mass is 32.2. The molecule has 0 aliphatic carbocycles. The largest absolute Gasteiger partial charge is 0.451 e. The summed E-state index contributed by atoms with van der Waals surface area (Å²) >= 11 is 0. The van der Waals surface area contributed by atoms with E-state index in [1.165, 1.54) is 17.0 Å². The van der Waals surface area contributed by atoms with Crippen molar-refractivity contribution in [3.63, 3.8) is 0 Å². The number of carbonyl (C=O) groups is 1. The molecule has 140 valence electrons. The first-order valence-electron chi connectivity index (χ1n) is 8.01. The zero-order valence-electron chi connectivity index (χ0n) is 14.7. The van der Waals surface area contributed by atoms with Gasteiger partial charge in [0, 0.05) is 18.3 Å². The number of nitrogens with two attached hydrogens (primary N) is 1. The Balaban J connectivity index is 1.80. The van der Waals surface area contributed by atoms with Gasteiger partial charge in [-0.2, -0.15) is 13.6 Å². The van der Waals surface area contributed by atoms with Crippen LogP contribution in [0.25, 0.3) is 11.3 Å². The fourth-order valence-electron chi connectivity index (χ4n) is 2.63. The molecule has 7 nitrogen and oxygen atoms in total. The van der Waals surface area contributed by atoms with E-state index >= 15 is 0 Å². The maximum Gasteiger partial charge on any atom is 0.380 e. The maximum atomic E-state index is 12.7. The van der Waals surface area contributed by atoms with Gasteiger partial charge in [-0.25, -0.2) is 0 Å². The maximum absolute atomic E-state index is 12.7. The van der Waals surface area contributed by atoms with Crippen LogP contribution in [0.1, 0.15) is 16.1 Å². The van der Waals surface area contributed by atoms with Crippen LogP contribution in [0.5, 0.6) is 5.75 Å². The van der Waals surface area contributed by atoms with Crippen LogP contribution in [0, 0.1) is 6.92 Å². The zero-order valence-corrected chi connectivity index (χ0v) is 15.6. The monoisotopic (exact) mass is 386 g/mol. The molecule has 3 aromatic rings. The minimum Gasteiger partial charge on any atom is -0.451 e. The third-order valence-electron chi connectivity index (χ3n) is 3.95. The van der Waals surface area contributed by atoms with Gasteiger partial charge in [0.25, 0.3) is 5.91 Å². The van der Waals surface area contributed by atoms with E-state index in [0.29, 0.717) is 11.3 Å². The van der Waals surface area contributed by atoms with Crippen LogP contribution in [-0.2, 0) is 10.3 Å². The second-order valence-electron chi connectivity index (χ2n) is 5.92. The van der Waals surface area contributed by atoms with Gasteiger partial charge in [-0.05, 0) is 55.0 Å². The number of aryl methyl sites for hydroxylation is 1. The molecule has 27 heavy (non-hydrogen) atoms. The van der Waals surface area contributed by atoms with Gasteiger partial charge >= 0.3 is 10.3 Å². The number of para-hydroxylation sites is 1. The Morgan fingerprint density at radius 1 is 1.04 bits per heavy atom. The molecule has 8 heteroatoms. The zero-order chi connectivity index (χ0) is 19.6. The first-order valence-corrected chi connectivity index (χ1v) is 9.48. The number of hydrogen-bond acceptors (Lipinski definition) is 5. The number of hydrogen-bond donors (Lipinski definition) is 1. The molecule has 1 aromatic heterocycles. The summed E-state index contributed by atoms with van der Waals surface area (Å²) in [5, 5.41) is 4.83. The van der Waals surface area contributed by atoms with Gasteiger partial charge < -0.3 is 13.5 Å². The van der Waals surface area contributed by atoms with Crippen LogP contribution in [0.2, 0.25) is 0 Å². The van der Waals surface area contributed by atoms with Gasteiger partial charge in [0.2, 0.25) is 0 Å². The summed E-state index contributed by atoms with van der Waals surface area (Å²) in [6.45, 7) is 1.93. The van der Waals surface area contributed by atoms with Crippen molar-refractivity contribution in [1.82, 2.24) is 0 Å². The van der Waals surface area contributed by atoms with Gasteiger partial charge in [-0.1, -0.05) is 18.2 Å². The summed E-state index contributed by atoms with van der Waals surface area (Å²) in [7, 11) is -2.39. The average Bonchev–Trinajstić information content (AvgIpc) is 3.10. The molecule has 1 heterocycles. The lowest BCUT2D eigenvalue weighted by molar-refractivity contribution is 0.0967. The number of benzene rings is 2. The summed E-state index contributed by atoms with van der Waals surface area (Å²) in [6.07, 6.45) is 0. The fraction of sp³-hybridized carbons (Fsp3) is 0.105. The molecule has 2 aromatic carbocycles. The van der Waals surface area contributed by atoms with Crippen LogP contribution in [0.4, 0.5) is 5.69 Å². The minimum atomic E-state index is -4.07. The number of rotatable bonds is 5. The quantitative estimate of drug-likeness (QED) is 0.726. The number of amides is 1. The Morgan fingerprint density at radius 2 is 1.70 bits per heavy atom. The highest BCUT2D eigenvalue weighted by Gasteiger charge is 2.19. The second-order valence-corrected chi connectivity index (χ2v) is 7.07. The SMILES string of the molecule is Cc1ccccc1N(C)C(=O)c1ccc(-c2ccc(OS(N)(=O)=O)cc2)o1. The number of carbonyl (C=O) groups excluding carboxylic acids is 1. The predicted octanol–water partition coefficient (Wildman–Crippen LogP) is 3.11. The van der Waals surface area contributed by atoms with E-state index < -0.39 is 10.3 Å². The summed E-state index contributed by atoms with van der Waals surface area (Å²) in [5.74, 6) is 0.479. The molecule has 0 saturated carbocycles. The van der Waals surface area contributed by atoms with E-state index in [1.54, 1.807) is 31.3 Å². The van der Waals surface area contributed by atoms with E-state index in [-0.39, 0.29) is 17.4 Å². The smallest absolute Gasteiger partial charge is 0.380 e. The molecular formula is C19H18N2O5S. The first kappa shape index (κ1) is 18.7. The van der Waals surface area contributed by atoms with Crippen molar-refractivity contribution in [2.45, 2.75) is 6.92 Å². The van der Waals surface area contributed by atoms with E-state index in [4.69, 9.17) is 9.56 Å². The van der Waals surface area contributed by atoms with Crippen LogP contribution in [-0.4, -0.2) is 21.4 Å². The Labute approximate surface area is 157 Å². The van der Waals surface area contributed by atoms with E-state index in [9.17, 15) is 13.2 Å². The van der Waals surface area contributed by atoms with Crippen molar-refractivity contribution in [3.8, 4) is 17.1 Å². The summed E-state index contributed by atoms with van der Waals surface area (Å²) < 4.78 is 32.1. The average molecular weight is 386 g/mol. The Kier molecular flexibility index (Phi) is 5.02. The number of furan rings is 1. The van der Waals surface area contributed by atoms with Crippen LogP contribution in [0.15, 0.2) is 65.1 Å². The lowest BCUT2D eigenvalue weighted by Gasteiger charge is -2.18. The lowest BCUT2D eigenvalue weighted by atomic mass is 10.2. The normalized spacial score (nSPS) is 11.2. The Bertz CT molecular complexity index is 1070. The molecule has 2 N–H and O–H groups in total. The predicted molar refractivity (Wildman–Crippen MR) is 102 cm³/mol. The van der Waals surface area contributed by atoms with Gasteiger partial charge in [0.1, 0.15) is 11.5 Å². The molecule has 0 unspecified atom stereocenters. The van der Waals surface area contributed by atoms with Crippen molar-refractivity contribution in [2.24, 2.45) is 5.14 Å². The summed E-state index contributed by atoms with van der Waals surface area (Å²) in [4.78, 5) is 14.2. The standard InChI is InChI=1S/C19H18N2O5S/c1-13-5-3-4-6-16(13)21(2)19(22)18-12-11-17(25-18)14-7-9-15(10-8-14)26-27(20,23)24/h3-12H,1-2H3,(H2,20,23,24). The molecule has 0 saturated heterocycles. The molecule has 0 fully saturated rings. The molecule has 3 rings (SSSR count).